The summed E-state index contributed by atoms with van der Waals surface area (Å²) in [7, 11) is 2.07. The summed E-state index contributed by atoms with van der Waals surface area (Å²) < 4.78 is 5.54. The van der Waals surface area contributed by atoms with Crippen LogP contribution in [0.25, 0.3) is 11.5 Å². The number of likely N-dealkylation sites (tertiary alicyclic amines) is 1. The quantitative estimate of drug-likeness (QED) is 0.559. The lowest BCUT2D eigenvalue weighted by Gasteiger charge is -2.56. The molecule has 1 fully saturated rings. The molecule has 6 heteroatoms. The Kier molecular flexibility index (Phi) is 5.97. The predicted octanol–water partition coefficient (Wildman–Crippen LogP) is 4.32. The Morgan fingerprint density at radius 2 is 1.76 bits per heavy atom. The summed E-state index contributed by atoms with van der Waals surface area (Å²) in [6.45, 7) is 11.7. The number of aliphatic hydroxyl groups excluding tert-OH is 1. The highest BCUT2D eigenvalue weighted by Gasteiger charge is 2.55. The summed E-state index contributed by atoms with van der Waals surface area (Å²) in [5, 5.41) is 26.1. The van der Waals surface area contributed by atoms with E-state index in [0.29, 0.717) is 17.6 Å². The number of nitrogens with zero attached hydrogens (tertiary/aromatic N) is 3. The Hall–Kier alpha value is -2.54. The van der Waals surface area contributed by atoms with E-state index in [0.717, 1.165) is 29.8 Å². The first-order valence-electron chi connectivity index (χ1n) is 11.6. The summed E-state index contributed by atoms with van der Waals surface area (Å²) >= 11 is 0. The van der Waals surface area contributed by atoms with Crippen LogP contribution in [0.1, 0.15) is 63.1 Å². The molecule has 1 atom stereocenters. The van der Waals surface area contributed by atoms with E-state index in [2.05, 4.69) is 67.1 Å². The van der Waals surface area contributed by atoms with Crippen molar-refractivity contribution in [3.05, 3.63) is 71.0 Å². The molecule has 1 aromatic heterocycles. The lowest BCUT2D eigenvalue weighted by atomic mass is 9.62. The monoisotopic (exact) mass is 449 g/mol. The van der Waals surface area contributed by atoms with Gasteiger partial charge in [0.05, 0.1) is 12.0 Å². The van der Waals surface area contributed by atoms with E-state index < -0.39 is 11.0 Å². The number of aliphatic hydroxyl groups is 2. The van der Waals surface area contributed by atoms with Crippen molar-refractivity contribution in [2.24, 2.45) is 5.41 Å². The molecule has 0 saturated carbocycles. The number of aromatic nitrogens is 2. The molecule has 33 heavy (non-hydrogen) atoms. The van der Waals surface area contributed by atoms with Gasteiger partial charge in [-0.25, -0.2) is 0 Å². The molecule has 0 bridgehead atoms. The molecule has 2 aromatic carbocycles. The Morgan fingerprint density at radius 1 is 1.09 bits per heavy atom. The fraction of sp³-hybridized carbons (Fsp3) is 0.481. The summed E-state index contributed by atoms with van der Waals surface area (Å²) in [4.78, 5) is 6.75. The lowest BCUT2D eigenvalue weighted by Crippen LogP contribution is -2.63. The predicted molar refractivity (Wildman–Crippen MR) is 129 cm³/mol. The highest BCUT2D eigenvalue weighted by atomic mass is 16.5. The van der Waals surface area contributed by atoms with Gasteiger partial charge in [0, 0.05) is 24.1 Å². The first kappa shape index (κ1) is 23.6. The third kappa shape index (κ3) is 4.01. The van der Waals surface area contributed by atoms with Crippen molar-refractivity contribution in [2.75, 3.05) is 26.7 Å². The van der Waals surface area contributed by atoms with Gasteiger partial charge in [-0.05, 0) is 41.8 Å². The van der Waals surface area contributed by atoms with Gasteiger partial charge in [-0.1, -0.05) is 76.2 Å². The van der Waals surface area contributed by atoms with Gasteiger partial charge in [0.2, 0.25) is 0 Å². The van der Waals surface area contributed by atoms with Gasteiger partial charge in [-0.2, -0.15) is 4.98 Å². The number of rotatable bonds is 7. The maximum atomic E-state index is 12.4. The highest BCUT2D eigenvalue weighted by Crippen LogP contribution is 2.50. The molecule has 6 nitrogen and oxygen atoms in total. The standard InChI is InChI=1S/C27H35N3O3/c1-18(2)19-10-12-21(13-11-19)27(32,26(5)15-30(6)16-26)22-9-7-8-20(14-22)23-28-24(29-33-23)25(3,4)17-31/h7-14,18,31-32H,15-17H2,1-6H3/t27-/m0/s1. The average Bonchev–Trinajstić information content (AvgIpc) is 3.29. The fourth-order valence-electron chi connectivity index (χ4n) is 4.91. The largest absolute Gasteiger partial charge is 0.395 e. The second kappa shape index (κ2) is 8.35. The molecule has 2 heterocycles. The minimum absolute atomic E-state index is 0.0794. The van der Waals surface area contributed by atoms with Gasteiger partial charge in [0.15, 0.2) is 5.82 Å². The maximum absolute atomic E-state index is 12.4. The molecule has 1 aliphatic heterocycles. The van der Waals surface area contributed by atoms with Crippen LogP contribution in [0.5, 0.6) is 0 Å². The van der Waals surface area contributed by atoms with Crippen molar-refractivity contribution in [3.8, 4) is 11.5 Å². The second-order valence-corrected chi connectivity index (χ2v) is 10.8. The van der Waals surface area contributed by atoms with Crippen LogP contribution in [0.4, 0.5) is 0 Å². The normalized spacial score (nSPS) is 18.2. The van der Waals surface area contributed by atoms with Crippen molar-refractivity contribution >= 4 is 0 Å². The first-order valence-corrected chi connectivity index (χ1v) is 11.6. The Balaban J connectivity index is 1.79. The van der Waals surface area contributed by atoms with E-state index in [1.165, 1.54) is 5.56 Å². The molecular formula is C27H35N3O3. The van der Waals surface area contributed by atoms with Crippen molar-refractivity contribution in [1.82, 2.24) is 15.0 Å². The second-order valence-electron chi connectivity index (χ2n) is 10.8. The van der Waals surface area contributed by atoms with E-state index in [1.54, 1.807) is 0 Å². The van der Waals surface area contributed by atoms with Gasteiger partial charge in [0.1, 0.15) is 5.60 Å². The van der Waals surface area contributed by atoms with E-state index in [4.69, 9.17) is 4.52 Å². The van der Waals surface area contributed by atoms with E-state index in [9.17, 15) is 10.2 Å². The Labute approximate surface area is 196 Å². The van der Waals surface area contributed by atoms with E-state index in [-0.39, 0.29) is 12.0 Å². The molecule has 0 spiro atoms. The van der Waals surface area contributed by atoms with Crippen molar-refractivity contribution in [1.29, 1.82) is 0 Å². The molecule has 1 aliphatic rings. The van der Waals surface area contributed by atoms with Gasteiger partial charge < -0.3 is 19.6 Å². The van der Waals surface area contributed by atoms with Crippen LogP contribution < -0.4 is 0 Å². The number of hydrogen-bond acceptors (Lipinski definition) is 6. The number of hydrogen-bond donors (Lipinski definition) is 2. The third-order valence-electron chi connectivity index (χ3n) is 7.06. The van der Waals surface area contributed by atoms with Crippen LogP contribution >= 0.6 is 0 Å². The maximum Gasteiger partial charge on any atom is 0.257 e. The highest BCUT2D eigenvalue weighted by molar-refractivity contribution is 5.57. The van der Waals surface area contributed by atoms with Crippen molar-refractivity contribution in [3.63, 3.8) is 0 Å². The molecule has 0 amide bonds. The lowest BCUT2D eigenvalue weighted by molar-refractivity contribution is -0.127. The molecule has 0 unspecified atom stereocenters. The van der Waals surface area contributed by atoms with Crippen LogP contribution in [-0.2, 0) is 11.0 Å². The molecular weight excluding hydrogens is 414 g/mol. The molecule has 1 saturated heterocycles. The number of benzene rings is 2. The van der Waals surface area contributed by atoms with Crippen LogP contribution in [0.2, 0.25) is 0 Å². The minimum Gasteiger partial charge on any atom is -0.395 e. The van der Waals surface area contributed by atoms with Gasteiger partial charge in [-0.3, -0.25) is 0 Å². The zero-order valence-corrected chi connectivity index (χ0v) is 20.5. The van der Waals surface area contributed by atoms with Gasteiger partial charge in [0.25, 0.3) is 5.89 Å². The van der Waals surface area contributed by atoms with Crippen LogP contribution in [0, 0.1) is 5.41 Å². The molecule has 0 aliphatic carbocycles. The third-order valence-corrected chi connectivity index (χ3v) is 7.06. The van der Waals surface area contributed by atoms with E-state index >= 15 is 0 Å². The van der Waals surface area contributed by atoms with Crippen LogP contribution in [-0.4, -0.2) is 52.0 Å². The molecule has 0 radical (unpaired) electrons. The summed E-state index contributed by atoms with van der Waals surface area (Å²) in [6, 6.07) is 16.1. The minimum atomic E-state index is -1.18. The fourth-order valence-corrected chi connectivity index (χ4v) is 4.91. The smallest absolute Gasteiger partial charge is 0.257 e. The van der Waals surface area contributed by atoms with Gasteiger partial charge in [-0.15, -0.1) is 0 Å². The first-order chi connectivity index (χ1) is 15.5. The Morgan fingerprint density at radius 3 is 2.33 bits per heavy atom. The average molecular weight is 450 g/mol. The van der Waals surface area contributed by atoms with E-state index in [1.807, 2.05) is 38.1 Å². The molecule has 3 aromatic rings. The van der Waals surface area contributed by atoms with Crippen LogP contribution in [0.3, 0.4) is 0 Å². The SMILES string of the molecule is CC(C)c1ccc([C@](O)(c2cccc(-c3nc(C(C)(C)CO)no3)c2)C2(C)CN(C)C2)cc1. The van der Waals surface area contributed by atoms with Crippen molar-refractivity contribution in [2.45, 2.75) is 51.6 Å². The topological polar surface area (TPSA) is 82.6 Å². The summed E-state index contributed by atoms with van der Waals surface area (Å²) in [5.74, 6) is 1.26. The van der Waals surface area contributed by atoms with Gasteiger partial charge >= 0.3 is 0 Å². The van der Waals surface area contributed by atoms with Crippen LogP contribution in [0.15, 0.2) is 53.1 Å². The summed E-state index contributed by atoms with van der Waals surface area (Å²) in [6.07, 6.45) is 0. The zero-order valence-electron chi connectivity index (χ0n) is 20.5. The molecule has 4 rings (SSSR count). The Bertz CT molecular complexity index is 1110. The molecule has 176 valence electrons. The zero-order chi connectivity index (χ0) is 24.0. The van der Waals surface area contributed by atoms with Crippen molar-refractivity contribution < 1.29 is 14.7 Å². The summed E-state index contributed by atoms with van der Waals surface area (Å²) in [5.41, 5.74) is 1.55. The molecule has 2 N–H and O–H groups in total.